The Labute approximate surface area is 117 Å². The van der Waals surface area contributed by atoms with Gasteiger partial charge in [-0.05, 0) is 61.7 Å². The molecule has 1 aromatic rings. The molecule has 0 N–H and O–H groups in total. The summed E-state index contributed by atoms with van der Waals surface area (Å²) in [7, 11) is 0. The van der Waals surface area contributed by atoms with Gasteiger partial charge < -0.3 is 0 Å². The van der Waals surface area contributed by atoms with Gasteiger partial charge in [0.25, 0.3) is 0 Å². The molecule has 0 saturated heterocycles. The molecule has 0 spiro atoms. The van der Waals surface area contributed by atoms with Crippen LogP contribution in [0.4, 0.5) is 0 Å². The first kappa shape index (κ1) is 12.4. The molecule has 1 aromatic heterocycles. The highest BCUT2D eigenvalue weighted by Crippen LogP contribution is 2.47. The topological polar surface area (TPSA) is 0 Å². The summed E-state index contributed by atoms with van der Waals surface area (Å²) < 4.78 is 2.33. The van der Waals surface area contributed by atoms with Crippen molar-refractivity contribution in [2.24, 2.45) is 11.8 Å². The lowest BCUT2D eigenvalue weighted by molar-refractivity contribution is 0.405. The highest BCUT2D eigenvalue weighted by Gasteiger charge is 2.32. The zero-order chi connectivity index (χ0) is 11.0. The largest absolute Gasteiger partial charge is 0.121 e. The van der Waals surface area contributed by atoms with E-state index in [-0.39, 0.29) is 5.38 Å². The Morgan fingerprint density at radius 3 is 2.67 bits per heavy atom. The third-order valence-electron chi connectivity index (χ3n) is 3.28. The van der Waals surface area contributed by atoms with Crippen molar-refractivity contribution < 1.29 is 0 Å². The van der Waals surface area contributed by atoms with Gasteiger partial charge >= 0.3 is 0 Å². The molecule has 1 heterocycles. The van der Waals surface area contributed by atoms with Gasteiger partial charge in [0.05, 0.1) is 12.9 Å². The second kappa shape index (κ2) is 5.07. The second-order valence-corrected chi connectivity index (χ2v) is 8.47. The van der Waals surface area contributed by atoms with E-state index < -0.39 is 0 Å². The summed E-state index contributed by atoms with van der Waals surface area (Å²) in [6, 6.07) is 2.15. The van der Waals surface area contributed by atoms with Crippen molar-refractivity contribution in [3.05, 3.63) is 19.2 Å². The molecule has 0 aliphatic heterocycles. The Hall–Kier alpha value is 0.950. The maximum atomic E-state index is 6.58. The Kier molecular flexibility index (Phi) is 4.20. The van der Waals surface area contributed by atoms with Crippen LogP contribution in [-0.4, -0.2) is 0 Å². The van der Waals surface area contributed by atoms with Gasteiger partial charge in [-0.1, -0.05) is 19.8 Å². The zero-order valence-electron chi connectivity index (χ0n) is 8.47. The average molecular weight is 373 g/mol. The number of alkyl halides is 1. The summed E-state index contributed by atoms with van der Waals surface area (Å²) >= 11 is 15.4. The number of hydrogen-bond acceptors (Lipinski definition) is 1. The van der Waals surface area contributed by atoms with Crippen LogP contribution < -0.4 is 0 Å². The fourth-order valence-corrected chi connectivity index (χ4v) is 6.05. The van der Waals surface area contributed by atoms with Crippen LogP contribution in [0.1, 0.15) is 37.1 Å². The van der Waals surface area contributed by atoms with E-state index in [1.165, 1.54) is 28.6 Å². The quantitative estimate of drug-likeness (QED) is 0.559. The lowest BCUT2D eigenvalue weighted by Gasteiger charge is -2.21. The van der Waals surface area contributed by atoms with Crippen LogP contribution in [0.2, 0.25) is 0 Å². The minimum Gasteiger partial charge on any atom is -0.121 e. The highest BCUT2D eigenvalue weighted by atomic mass is 79.9. The number of halogens is 3. The standard InChI is InChI=1S/C11H13Br2ClS/c1-6-3-2-4-7(6)10(14)8-5-9(12)15-11(8)13/h5-7,10H,2-4H2,1H3. The molecule has 0 nitrogen and oxygen atoms in total. The van der Waals surface area contributed by atoms with Crippen molar-refractivity contribution in [2.75, 3.05) is 0 Å². The van der Waals surface area contributed by atoms with Crippen molar-refractivity contribution in [2.45, 2.75) is 31.6 Å². The summed E-state index contributed by atoms with van der Waals surface area (Å²) in [6.07, 6.45) is 3.93. The molecule has 15 heavy (non-hydrogen) atoms. The third kappa shape index (κ3) is 2.62. The molecule has 0 aromatic carbocycles. The van der Waals surface area contributed by atoms with Crippen LogP contribution >= 0.6 is 54.8 Å². The van der Waals surface area contributed by atoms with Gasteiger partial charge in [0.1, 0.15) is 0 Å². The van der Waals surface area contributed by atoms with Crippen molar-refractivity contribution in [1.82, 2.24) is 0 Å². The summed E-state index contributed by atoms with van der Waals surface area (Å²) in [5, 5.41) is 0.166. The van der Waals surface area contributed by atoms with Gasteiger partial charge in [0.15, 0.2) is 0 Å². The molecule has 3 unspecified atom stereocenters. The maximum Gasteiger partial charge on any atom is 0.0757 e. The predicted octanol–water partition coefficient (Wildman–Crippen LogP) is 5.99. The van der Waals surface area contributed by atoms with Crippen LogP contribution in [0.3, 0.4) is 0 Å². The summed E-state index contributed by atoms with van der Waals surface area (Å²) in [5.41, 5.74) is 1.26. The van der Waals surface area contributed by atoms with E-state index in [1.807, 2.05) is 0 Å². The predicted molar refractivity (Wildman–Crippen MR) is 74.8 cm³/mol. The Bertz CT molecular complexity index is 350. The summed E-state index contributed by atoms with van der Waals surface area (Å²) in [4.78, 5) is 0. The minimum atomic E-state index is 0.166. The first-order chi connectivity index (χ1) is 7.09. The maximum absolute atomic E-state index is 6.58. The lowest BCUT2D eigenvalue weighted by Crippen LogP contribution is -2.10. The number of hydrogen-bond donors (Lipinski definition) is 0. The highest BCUT2D eigenvalue weighted by molar-refractivity contribution is 9.12. The van der Waals surface area contributed by atoms with Crippen molar-refractivity contribution in [3.8, 4) is 0 Å². The van der Waals surface area contributed by atoms with Gasteiger partial charge in [0.2, 0.25) is 0 Å². The van der Waals surface area contributed by atoms with E-state index in [0.29, 0.717) is 5.92 Å². The molecule has 4 heteroatoms. The SMILES string of the molecule is CC1CCCC1C(Cl)c1cc(Br)sc1Br. The van der Waals surface area contributed by atoms with E-state index >= 15 is 0 Å². The van der Waals surface area contributed by atoms with Crippen molar-refractivity contribution >= 4 is 54.8 Å². The van der Waals surface area contributed by atoms with Gasteiger partial charge in [-0.25, -0.2) is 0 Å². The first-order valence-corrected chi connectivity index (χ1v) is 8.02. The number of thiophene rings is 1. The summed E-state index contributed by atoms with van der Waals surface area (Å²) in [6.45, 7) is 2.32. The van der Waals surface area contributed by atoms with E-state index in [4.69, 9.17) is 11.6 Å². The molecule has 0 bridgehead atoms. The molecule has 1 aliphatic carbocycles. The van der Waals surface area contributed by atoms with Gasteiger partial charge in [-0.3, -0.25) is 0 Å². The van der Waals surface area contributed by atoms with Crippen molar-refractivity contribution in [3.63, 3.8) is 0 Å². The van der Waals surface area contributed by atoms with E-state index in [2.05, 4.69) is 44.8 Å². The summed E-state index contributed by atoms with van der Waals surface area (Å²) in [5.74, 6) is 1.41. The smallest absolute Gasteiger partial charge is 0.0757 e. The molecular formula is C11H13Br2ClS. The molecule has 0 radical (unpaired) electrons. The molecule has 1 aliphatic rings. The Balaban J connectivity index is 2.19. The normalized spacial score (nSPS) is 28.3. The Morgan fingerprint density at radius 1 is 1.47 bits per heavy atom. The molecular weight excluding hydrogens is 359 g/mol. The molecule has 2 rings (SSSR count). The van der Waals surface area contributed by atoms with Crippen LogP contribution in [0, 0.1) is 11.8 Å². The molecule has 3 atom stereocenters. The molecule has 84 valence electrons. The number of rotatable bonds is 2. The van der Waals surface area contributed by atoms with Crippen LogP contribution in [-0.2, 0) is 0 Å². The van der Waals surface area contributed by atoms with E-state index in [9.17, 15) is 0 Å². The molecule has 1 saturated carbocycles. The monoisotopic (exact) mass is 370 g/mol. The zero-order valence-corrected chi connectivity index (χ0v) is 13.2. The van der Waals surface area contributed by atoms with Crippen LogP contribution in [0.25, 0.3) is 0 Å². The van der Waals surface area contributed by atoms with Crippen LogP contribution in [0.5, 0.6) is 0 Å². The molecule has 0 amide bonds. The third-order valence-corrected chi connectivity index (χ3v) is 6.23. The van der Waals surface area contributed by atoms with E-state index in [1.54, 1.807) is 11.3 Å². The fraction of sp³-hybridized carbons (Fsp3) is 0.636. The second-order valence-electron chi connectivity index (χ2n) is 4.25. The average Bonchev–Trinajstić information content (AvgIpc) is 2.71. The van der Waals surface area contributed by atoms with Gasteiger partial charge in [-0.15, -0.1) is 22.9 Å². The first-order valence-electron chi connectivity index (χ1n) is 5.18. The van der Waals surface area contributed by atoms with Crippen molar-refractivity contribution in [1.29, 1.82) is 0 Å². The van der Waals surface area contributed by atoms with Crippen LogP contribution in [0.15, 0.2) is 13.6 Å². The minimum absolute atomic E-state index is 0.166. The molecule has 1 fully saturated rings. The van der Waals surface area contributed by atoms with Gasteiger partial charge in [-0.2, -0.15) is 0 Å². The lowest BCUT2D eigenvalue weighted by atomic mass is 9.91. The Morgan fingerprint density at radius 2 is 2.20 bits per heavy atom. The van der Waals surface area contributed by atoms with Gasteiger partial charge in [0, 0.05) is 0 Å². The van der Waals surface area contributed by atoms with E-state index in [0.717, 1.165) is 9.70 Å². The fourth-order valence-electron chi connectivity index (χ4n) is 2.38.